The van der Waals surface area contributed by atoms with Crippen LogP contribution in [0.5, 0.6) is 0 Å². The van der Waals surface area contributed by atoms with Gasteiger partial charge in [-0.2, -0.15) is 11.8 Å². The van der Waals surface area contributed by atoms with E-state index in [1.165, 1.54) is 18.4 Å². The molecule has 0 heterocycles. The van der Waals surface area contributed by atoms with Gasteiger partial charge in [0.15, 0.2) is 0 Å². The molecule has 0 aromatic carbocycles. The zero-order chi connectivity index (χ0) is 8.43. The Morgan fingerprint density at radius 1 is 1.45 bits per heavy atom. The standard InChI is InChI=1S/C10H18S/c1-7(2)10-6-9(11-4)5-8(10)3/h8-10H,1,5-6H2,2-4H3. The summed E-state index contributed by atoms with van der Waals surface area (Å²) in [6.45, 7) is 8.57. The van der Waals surface area contributed by atoms with Crippen molar-refractivity contribution in [1.82, 2.24) is 0 Å². The smallest absolute Gasteiger partial charge is 0.00528 e. The van der Waals surface area contributed by atoms with Crippen molar-refractivity contribution in [3.8, 4) is 0 Å². The molecule has 1 aliphatic rings. The predicted molar refractivity (Wildman–Crippen MR) is 54.0 cm³/mol. The van der Waals surface area contributed by atoms with Crippen LogP contribution in [0.4, 0.5) is 0 Å². The molecule has 0 amide bonds. The highest BCUT2D eigenvalue weighted by molar-refractivity contribution is 7.99. The van der Waals surface area contributed by atoms with Gasteiger partial charge in [0.05, 0.1) is 0 Å². The summed E-state index contributed by atoms with van der Waals surface area (Å²) in [7, 11) is 0. The maximum atomic E-state index is 4.05. The Balaban J connectivity index is 2.51. The van der Waals surface area contributed by atoms with Crippen molar-refractivity contribution in [2.45, 2.75) is 31.9 Å². The minimum absolute atomic E-state index is 0.799. The monoisotopic (exact) mass is 170 g/mol. The fourth-order valence-electron chi connectivity index (χ4n) is 2.07. The first kappa shape index (κ1) is 9.18. The van der Waals surface area contributed by atoms with Crippen LogP contribution in [0.15, 0.2) is 12.2 Å². The number of thioether (sulfide) groups is 1. The Labute approximate surface area is 74.5 Å². The van der Waals surface area contributed by atoms with Gasteiger partial charge in [-0.3, -0.25) is 0 Å². The lowest BCUT2D eigenvalue weighted by Crippen LogP contribution is -2.03. The van der Waals surface area contributed by atoms with Crippen LogP contribution < -0.4 is 0 Å². The maximum absolute atomic E-state index is 4.05. The minimum Gasteiger partial charge on any atom is -0.162 e. The highest BCUT2D eigenvalue weighted by Gasteiger charge is 2.30. The number of rotatable bonds is 2. The van der Waals surface area contributed by atoms with Gasteiger partial charge in [-0.1, -0.05) is 19.1 Å². The third kappa shape index (κ3) is 2.02. The molecule has 0 aromatic heterocycles. The van der Waals surface area contributed by atoms with Gasteiger partial charge in [0.1, 0.15) is 0 Å². The van der Waals surface area contributed by atoms with Crippen molar-refractivity contribution in [3.63, 3.8) is 0 Å². The first-order chi connectivity index (χ1) is 5.15. The molecule has 0 saturated heterocycles. The molecule has 0 N–H and O–H groups in total. The van der Waals surface area contributed by atoms with Gasteiger partial charge < -0.3 is 0 Å². The molecule has 0 nitrogen and oxygen atoms in total. The van der Waals surface area contributed by atoms with Crippen LogP contribution in [0.1, 0.15) is 26.7 Å². The molecule has 3 unspecified atom stereocenters. The molecule has 64 valence electrons. The predicted octanol–water partition coefficient (Wildman–Crippen LogP) is 3.34. The summed E-state index contributed by atoms with van der Waals surface area (Å²) in [5, 5.41) is 0.895. The Bertz CT molecular complexity index is 151. The highest BCUT2D eigenvalue weighted by atomic mass is 32.2. The Hall–Kier alpha value is 0.0900. The summed E-state index contributed by atoms with van der Waals surface area (Å²) in [5.41, 5.74) is 1.38. The Morgan fingerprint density at radius 2 is 2.09 bits per heavy atom. The van der Waals surface area contributed by atoms with Gasteiger partial charge in [-0.15, -0.1) is 0 Å². The van der Waals surface area contributed by atoms with E-state index in [2.05, 4.69) is 26.7 Å². The van der Waals surface area contributed by atoms with Gasteiger partial charge in [-0.25, -0.2) is 0 Å². The van der Waals surface area contributed by atoms with E-state index >= 15 is 0 Å². The molecule has 0 aliphatic heterocycles. The van der Waals surface area contributed by atoms with Gasteiger partial charge in [0.25, 0.3) is 0 Å². The van der Waals surface area contributed by atoms with Crippen molar-refractivity contribution >= 4 is 11.8 Å². The third-order valence-corrected chi connectivity index (χ3v) is 3.86. The molecule has 11 heavy (non-hydrogen) atoms. The SMILES string of the molecule is C=C(C)C1CC(SC)CC1C. The summed E-state index contributed by atoms with van der Waals surface area (Å²) < 4.78 is 0. The summed E-state index contributed by atoms with van der Waals surface area (Å²) in [6.07, 6.45) is 4.97. The third-order valence-electron chi connectivity index (χ3n) is 2.80. The van der Waals surface area contributed by atoms with Gasteiger partial charge in [0, 0.05) is 5.25 Å². The van der Waals surface area contributed by atoms with E-state index in [4.69, 9.17) is 0 Å². The molecule has 1 rings (SSSR count). The maximum Gasteiger partial charge on any atom is 0.00528 e. The van der Waals surface area contributed by atoms with E-state index in [-0.39, 0.29) is 0 Å². The van der Waals surface area contributed by atoms with E-state index in [0.29, 0.717) is 0 Å². The Kier molecular flexibility index (Phi) is 3.06. The second-order valence-corrected chi connectivity index (χ2v) is 4.90. The molecule has 0 spiro atoms. The molecule has 1 heteroatoms. The van der Waals surface area contributed by atoms with Gasteiger partial charge in [0.2, 0.25) is 0 Å². The van der Waals surface area contributed by atoms with Crippen LogP contribution in [-0.4, -0.2) is 11.5 Å². The molecule has 0 radical (unpaired) electrons. The first-order valence-corrected chi connectivity index (χ1v) is 5.62. The minimum atomic E-state index is 0.799. The molecule has 1 fully saturated rings. The van der Waals surface area contributed by atoms with Crippen LogP contribution in [-0.2, 0) is 0 Å². The summed E-state index contributed by atoms with van der Waals surface area (Å²) in [6, 6.07) is 0. The van der Waals surface area contributed by atoms with Crippen LogP contribution in [0.2, 0.25) is 0 Å². The van der Waals surface area contributed by atoms with E-state index in [1.807, 2.05) is 11.8 Å². The van der Waals surface area contributed by atoms with Crippen molar-refractivity contribution in [2.75, 3.05) is 6.26 Å². The van der Waals surface area contributed by atoms with E-state index in [1.54, 1.807) is 0 Å². The summed E-state index contributed by atoms with van der Waals surface area (Å²) in [5.74, 6) is 1.66. The topological polar surface area (TPSA) is 0 Å². The lowest BCUT2D eigenvalue weighted by atomic mass is 9.92. The molecular formula is C10H18S. The molecule has 0 aromatic rings. The average molecular weight is 170 g/mol. The van der Waals surface area contributed by atoms with Crippen molar-refractivity contribution < 1.29 is 0 Å². The van der Waals surface area contributed by atoms with Gasteiger partial charge in [-0.05, 0) is 37.9 Å². The van der Waals surface area contributed by atoms with E-state index in [9.17, 15) is 0 Å². The normalized spacial score (nSPS) is 37.5. The van der Waals surface area contributed by atoms with Crippen molar-refractivity contribution in [1.29, 1.82) is 0 Å². The van der Waals surface area contributed by atoms with Crippen LogP contribution in [0.25, 0.3) is 0 Å². The van der Waals surface area contributed by atoms with Gasteiger partial charge >= 0.3 is 0 Å². The second kappa shape index (κ2) is 3.66. The zero-order valence-electron chi connectivity index (χ0n) is 7.76. The van der Waals surface area contributed by atoms with E-state index < -0.39 is 0 Å². The zero-order valence-corrected chi connectivity index (χ0v) is 8.58. The summed E-state index contributed by atoms with van der Waals surface area (Å²) in [4.78, 5) is 0. The Morgan fingerprint density at radius 3 is 2.36 bits per heavy atom. The molecule has 1 saturated carbocycles. The molecule has 0 bridgehead atoms. The van der Waals surface area contributed by atoms with Crippen molar-refractivity contribution in [3.05, 3.63) is 12.2 Å². The first-order valence-electron chi connectivity index (χ1n) is 4.33. The van der Waals surface area contributed by atoms with Crippen molar-refractivity contribution in [2.24, 2.45) is 11.8 Å². The number of allylic oxidation sites excluding steroid dienone is 1. The number of hydrogen-bond acceptors (Lipinski definition) is 1. The quantitative estimate of drug-likeness (QED) is 0.573. The molecule has 1 aliphatic carbocycles. The fourth-order valence-corrected chi connectivity index (χ4v) is 2.97. The average Bonchev–Trinajstić information content (AvgIpc) is 2.30. The number of hydrogen-bond donors (Lipinski definition) is 0. The van der Waals surface area contributed by atoms with E-state index in [0.717, 1.165) is 17.1 Å². The summed E-state index contributed by atoms with van der Waals surface area (Å²) >= 11 is 2.02. The van der Waals surface area contributed by atoms with Crippen LogP contribution in [0, 0.1) is 11.8 Å². The van der Waals surface area contributed by atoms with Crippen LogP contribution >= 0.6 is 11.8 Å². The lowest BCUT2D eigenvalue weighted by molar-refractivity contribution is 0.481. The highest BCUT2D eigenvalue weighted by Crippen LogP contribution is 2.40. The lowest BCUT2D eigenvalue weighted by Gasteiger charge is -2.13. The molecular weight excluding hydrogens is 152 g/mol. The van der Waals surface area contributed by atoms with Crippen LogP contribution in [0.3, 0.4) is 0 Å². The largest absolute Gasteiger partial charge is 0.162 e. The molecule has 3 atom stereocenters. The fraction of sp³-hybridized carbons (Fsp3) is 0.800. The second-order valence-electron chi connectivity index (χ2n) is 3.76.